The fourth-order valence-electron chi connectivity index (χ4n) is 3.24. The third-order valence-electron chi connectivity index (χ3n) is 4.43. The van der Waals surface area contributed by atoms with Crippen LogP contribution in [0.3, 0.4) is 0 Å². The smallest absolute Gasteiger partial charge is 0.283 e. The molecule has 1 atom stereocenters. The first kappa shape index (κ1) is 22.0. The molecule has 0 bridgehead atoms. The lowest BCUT2D eigenvalue weighted by Crippen LogP contribution is -2.39. The fourth-order valence-corrected chi connectivity index (χ4v) is 5.98. The molecule has 0 aliphatic heterocycles. The van der Waals surface area contributed by atoms with E-state index in [9.17, 15) is 23.2 Å². The number of phenolic OH excluding ortho intramolecular Hbond substituents is 2. The molecule has 0 amide bonds. The van der Waals surface area contributed by atoms with Crippen LogP contribution in [0, 0.1) is 0 Å². The van der Waals surface area contributed by atoms with Gasteiger partial charge in [0.25, 0.3) is 10.1 Å². The number of halogens is 4. The molecule has 3 rings (SSSR count). The van der Waals surface area contributed by atoms with E-state index in [2.05, 4.69) is 0 Å². The van der Waals surface area contributed by atoms with Gasteiger partial charge in [-0.2, -0.15) is 8.42 Å². The first-order valence-electron chi connectivity index (χ1n) is 7.91. The van der Waals surface area contributed by atoms with Crippen LogP contribution in [0.25, 0.3) is 0 Å². The summed E-state index contributed by atoms with van der Waals surface area (Å²) in [6.07, 6.45) is 0. The summed E-state index contributed by atoms with van der Waals surface area (Å²) < 4.78 is 34.0. The van der Waals surface area contributed by atoms with Gasteiger partial charge in [-0.05, 0) is 24.3 Å². The summed E-state index contributed by atoms with van der Waals surface area (Å²) in [5, 5.41) is 19.9. The number of rotatable bonds is 4. The van der Waals surface area contributed by atoms with E-state index in [4.69, 9.17) is 46.4 Å². The second-order valence-corrected chi connectivity index (χ2v) is 9.19. The Kier molecular flexibility index (Phi) is 5.98. The minimum Gasteiger partial charge on any atom is -0.508 e. The summed E-state index contributed by atoms with van der Waals surface area (Å²) >= 11 is 24.8. The van der Waals surface area contributed by atoms with Gasteiger partial charge in [-0.25, -0.2) is 0 Å². The number of benzene rings is 3. The van der Waals surface area contributed by atoms with E-state index in [-0.39, 0.29) is 31.8 Å². The quantitative estimate of drug-likeness (QED) is 0.311. The van der Waals surface area contributed by atoms with Crippen molar-refractivity contribution >= 4 is 56.5 Å². The summed E-state index contributed by atoms with van der Waals surface area (Å²) in [5.41, 5.74) is -0.836. The predicted octanol–water partition coefficient (Wildman–Crippen LogP) is 5.89. The SMILES string of the molecule is O=S(=O)(O)C(c1ccccc1O)(c1ccc(Cl)c(O)c1Cl)c1c(Cl)cccc1Cl. The second kappa shape index (κ2) is 7.87. The van der Waals surface area contributed by atoms with Gasteiger partial charge in [0.15, 0.2) is 10.5 Å². The number of para-hydroxylation sites is 1. The molecule has 1 unspecified atom stereocenters. The Bertz CT molecular complexity index is 1190. The Morgan fingerprint density at radius 1 is 0.724 bits per heavy atom. The zero-order valence-corrected chi connectivity index (χ0v) is 18.1. The maximum Gasteiger partial charge on any atom is 0.283 e. The molecule has 3 aromatic carbocycles. The maximum absolute atomic E-state index is 13.0. The molecule has 29 heavy (non-hydrogen) atoms. The molecule has 0 heterocycles. The van der Waals surface area contributed by atoms with Gasteiger partial charge in [-0.3, -0.25) is 4.55 Å². The lowest BCUT2D eigenvalue weighted by atomic mass is 9.83. The molecule has 0 aliphatic rings. The molecular formula is C19H12Cl4O5S. The lowest BCUT2D eigenvalue weighted by molar-refractivity contribution is 0.439. The number of aromatic hydroxyl groups is 2. The standard InChI is InChI=1S/C19H12Cl4O5S/c20-12-5-3-6-13(21)16(12)19(29(26,27)28,10-4-1-2-7-15(10)24)11-8-9-14(22)18(25)17(11)23/h1-9,24-25H,(H,26,27,28). The van der Waals surface area contributed by atoms with Gasteiger partial charge in [0.05, 0.1) is 10.0 Å². The van der Waals surface area contributed by atoms with Gasteiger partial charge >= 0.3 is 0 Å². The first-order chi connectivity index (χ1) is 13.5. The largest absolute Gasteiger partial charge is 0.508 e. The Balaban J connectivity index is 2.68. The van der Waals surface area contributed by atoms with Crippen LogP contribution in [0.2, 0.25) is 20.1 Å². The Hall–Kier alpha value is -1.67. The van der Waals surface area contributed by atoms with E-state index in [0.29, 0.717) is 0 Å². The highest BCUT2D eigenvalue weighted by molar-refractivity contribution is 7.87. The van der Waals surface area contributed by atoms with Crippen molar-refractivity contribution in [1.29, 1.82) is 0 Å². The van der Waals surface area contributed by atoms with Gasteiger partial charge < -0.3 is 10.2 Å². The summed E-state index contributed by atoms with van der Waals surface area (Å²) in [7, 11) is -5.17. The topological polar surface area (TPSA) is 94.8 Å². The zero-order chi connectivity index (χ0) is 21.6. The van der Waals surface area contributed by atoms with Crippen molar-refractivity contribution in [2.24, 2.45) is 0 Å². The minimum atomic E-state index is -5.17. The highest BCUT2D eigenvalue weighted by Gasteiger charge is 2.53. The molecular weight excluding hydrogens is 482 g/mol. The average Bonchev–Trinajstić information content (AvgIpc) is 2.63. The van der Waals surface area contributed by atoms with Crippen LogP contribution >= 0.6 is 46.4 Å². The van der Waals surface area contributed by atoms with Crippen LogP contribution < -0.4 is 0 Å². The highest BCUT2D eigenvalue weighted by atomic mass is 35.5. The van der Waals surface area contributed by atoms with Crippen LogP contribution in [0.1, 0.15) is 16.7 Å². The molecule has 3 aromatic rings. The van der Waals surface area contributed by atoms with Gasteiger partial charge in [0.2, 0.25) is 0 Å². The van der Waals surface area contributed by atoms with E-state index >= 15 is 0 Å². The van der Waals surface area contributed by atoms with E-state index < -0.39 is 31.4 Å². The second-order valence-electron chi connectivity index (χ2n) is 6.03. The molecule has 0 saturated heterocycles. The van der Waals surface area contributed by atoms with Gasteiger partial charge in [-0.1, -0.05) is 76.7 Å². The molecule has 10 heteroatoms. The van der Waals surface area contributed by atoms with Gasteiger partial charge in [-0.15, -0.1) is 0 Å². The Labute approximate surface area is 186 Å². The molecule has 0 aliphatic carbocycles. The zero-order valence-electron chi connectivity index (χ0n) is 14.3. The van der Waals surface area contributed by atoms with Crippen molar-refractivity contribution in [2.45, 2.75) is 4.75 Å². The Morgan fingerprint density at radius 3 is 1.86 bits per heavy atom. The van der Waals surface area contributed by atoms with Crippen molar-refractivity contribution in [3.63, 3.8) is 0 Å². The molecule has 152 valence electrons. The summed E-state index contributed by atoms with van der Waals surface area (Å²) in [4.78, 5) is 0. The highest BCUT2D eigenvalue weighted by Crippen LogP contribution is 2.54. The summed E-state index contributed by atoms with van der Waals surface area (Å²) in [6.45, 7) is 0. The van der Waals surface area contributed by atoms with Crippen LogP contribution in [0.4, 0.5) is 0 Å². The monoisotopic (exact) mass is 492 g/mol. The fraction of sp³-hybridized carbons (Fsp3) is 0.0526. The average molecular weight is 494 g/mol. The minimum absolute atomic E-state index is 0.121. The van der Waals surface area contributed by atoms with E-state index in [0.717, 1.165) is 0 Å². The predicted molar refractivity (Wildman–Crippen MR) is 114 cm³/mol. The molecule has 0 aromatic heterocycles. The van der Waals surface area contributed by atoms with Crippen molar-refractivity contribution in [3.8, 4) is 11.5 Å². The lowest BCUT2D eigenvalue weighted by Gasteiger charge is -2.35. The molecule has 0 fully saturated rings. The van der Waals surface area contributed by atoms with Crippen molar-refractivity contribution < 1.29 is 23.2 Å². The third-order valence-corrected chi connectivity index (χ3v) is 7.17. The van der Waals surface area contributed by atoms with Crippen molar-refractivity contribution in [2.75, 3.05) is 0 Å². The van der Waals surface area contributed by atoms with Crippen molar-refractivity contribution in [1.82, 2.24) is 0 Å². The summed E-state index contributed by atoms with van der Waals surface area (Å²) in [5.74, 6) is -1.09. The normalized spacial score (nSPS) is 13.8. The number of phenols is 2. The van der Waals surface area contributed by atoms with Gasteiger partial charge in [0, 0.05) is 26.7 Å². The number of hydrogen-bond acceptors (Lipinski definition) is 4. The Morgan fingerprint density at radius 2 is 1.31 bits per heavy atom. The van der Waals surface area contributed by atoms with E-state index in [1.807, 2.05) is 0 Å². The molecule has 5 nitrogen and oxygen atoms in total. The van der Waals surface area contributed by atoms with Crippen LogP contribution in [-0.2, 0) is 14.9 Å². The van der Waals surface area contributed by atoms with Crippen LogP contribution in [0.15, 0.2) is 54.6 Å². The van der Waals surface area contributed by atoms with Crippen molar-refractivity contribution in [3.05, 3.63) is 91.4 Å². The molecule has 0 spiro atoms. The number of hydrogen-bond donors (Lipinski definition) is 3. The molecule has 3 N–H and O–H groups in total. The summed E-state index contributed by atoms with van der Waals surface area (Å²) in [6, 6.07) is 12.0. The third kappa shape index (κ3) is 3.44. The van der Waals surface area contributed by atoms with Gasteiger partial charge in [0.1, 0.15) is 5.75 Å². The van der Waals surface area contributed by atoms with Crippen LogP contribution in [-0.4, -0.2) is 23.2 Å². The van der Waals surface area contributed by atoms with E-state index in [1.165, 1.54) is 54.6 Å². The molecule has 0 saturated carbocycles. The molecule has 0 radical (unpaired) electrons. The van der Waals surface area contributed by atoms with E-state index in [1.54, 1.807) is 0 Å². The maximum atomic E-state index is 13.0. The van der Waals surface area contributed by atoms with Crippen LogP contribution in [0.5, 0.6) is 11.5 Å². The first-order valence-corrected chi connectivity index (χ1v) is 10.9.